The first-order valence-corrected chi connectivity index (χ1v) is 9.18. The van der Waals surface area contributed by atoms with E-state index in [2.05, 4.69) is 20.8 Å². The van der Waals surface area contributed by atoms with Crippen LogP contribution in [0, 0.1) is 29.6 Å². The Balaban J connectivity index is 1.72. The zero-order valence-corrected chi connectivity index (χ0v) is 14.2. The fourth-order valence-electron chi connectivity index (χ4n) is 4.79. The van der Waals surface area contributed by atoms with Crippen LogP contribution in [0.25, 0.3) is 0 Å². The van der Waals surface area contributed by atoms with Gasteiger partial charge in [-0.05, 0) is 48.9 Å². The van der Waals surface area contributed by atoms with E-state index in [1.54, 1.807) is 0 Å². The van der Waals surface area contributed by atoms with Gasteiger partial charge in [0, 0.05) is 7.11 Å². The summed E-state index contributed by atoms with van der Waals surface area (Å²) in [5.41, 5.74) is 0. The molecule has 4 unspecified atom stereocenters. The Morgan fingerprint density at radius 1 is 0.800 bits per heavy atom. The summed E-state index contributed by atoms with van der Waals surface area (Å²) in [6, 6.07) is 0. The third-order valence-electron chi connectivity index (χ3n) is 6.77. The summed E-state index contributed by atoms with van der Waals surface area (Å²) in [6.45, 7) is 7.23. The highest BCUT2D eigenvalue weighted by molar-refractivity contribution is 4.84. The van der Waals surface area contributed by atoms with Crippen molar-refractivity contribution < 1.29 is 4.74 Å². The van der Waals surface area contributed by atoms with Crippen LogP contribution >= 0.6 is 0 Å². The molecule has 0 heterocycles. The second-order valence-corrected chi connectivity index (χ2v) is 7.70. The summed E-state index contributed by atoms with van der Waals surface area (Å²) in [5.74, 6) is 4.64. The molecule has 0 spiro atoms. The van der Waals surface area contributed by atoms with E-state index < -0.39 is 0 Å². The van der Waals surface area contributed by atoms with Crippen molar-refractivity contribution in [2.75, 3.05) is 7.11 Å². The summed E-state index contributed by atoms with van der Waals surface area (Å²) in [4.78, 5) is 0. The first-order valence-electron chi connectivity index (χ1n) is 9.18. The van der Waals surface area contributed by atoms with E-state index in [1.165, 1.54) is 57.8 Å². The maximum atomic E-state index is 5.64. The zero-order valence-electron chi connectivity index (χ0n) is 14.2. The summed E-state index contributed by atoms with van der Waals surface area (Å²) in [6.07, 6.45) is 13.6. The summed E-state index contributed by atoms with van der Waals surface area (Å²) < 4.78 is 5.64. The summed E-state index contributed by atoms with van der Waals surface area (Å²) in [5, 5.41) is 0. The number of hydrogen-bond donors (Lipinski definition) is 0. The van der Waals surface area contributed by atoms with Gasteiger partial charge in [-0.2, -0.15) is 0 Å². The van der Waals surface area contributed by atoms with Gasteiger partial charge in [0.2, 0.25) is 0 Å². The van der Waals surface area contributed by atoms with Gasteiger partial charge in [0.15, 0.2) is 0 Å². The molecule has 0 aromatic carbocycles. The van der Waals surface area contributed by atoms with Gasteiger partial charge in [0.25, 0.3) is 0 Å². The molecular formula is C19H36O. The molecule has 0 aromatic heterocycles. The van der Waals surface area contributed by atoms with Crippen molar-refractivity contribution >= 4 is 0 Å². The van der Waals surface area contributed by atoms with Crippen molar-refractivity contribution in [1.82, 2.24) is 0 Å². The highest BCUT2D eigenvalue weighted by Gasteiger charge is 2.34. The first-order chi connectivity index (χ1) is 9.65. The van der Waals surface area contributed by atoms with Crippen LogP contribution in [0.3, 0.4) is 0 Å². The van der Waals surface area contributed by atoms with E-state index in [-0.39, 0.29) is 0 Å². The average molecular weight is 280 g/mol. The molecule has 2 rings (SSSR count). The lowest BCUT2D eigenvalue weighted by Gasteiger charge is -2.40. The van der Waals surface area contributed by atoms with Crippen LogP contribution in [0.5, 0.6) is 0 Å². The Morgan fingerprint density at radius 2 is 1.45 bits per heavy atom. The van der Waals surface area contributed by atoms with Crippen molar-refractivity contribution in [3.05, 3.63) is 0 Å². The molecule has 2 aliphatic rings. The molecule has 0 N–H and O–H groups in total. The molecule has 0 aliphatic heterocycles. The van der Waals surface area contributed by atoms with Crippen molar-refractivity contribution in [3.8, 4) is 0 Å². The van der Waals surface area contributed by atoms with Gasteiger partial charge in [-0.25, -0.2) is 0 Å². The second-order valence-electron chi connectivity index (χ2n) is 7.70. The van der Waals surface area contributed by atoms with Gasteiger partial charge >= 0.3 is 0 Å². The van der Waals surface area contributed by atoms with E-state index in [0.29, 0.717) is 6.10 Å². The average Bonchev–Trinajstić information content (AvgIpc) is 2.49. The Bertz CT molecular complexity index is 267. The monoisotopic (exact) mass is 280 g/mol. The Hall–Kier alpha value is -0.0400. The SMILES string of the molecule is CCC1CCC(CCC2CCC(OC)C(C)C2C)CC1. The van der Waals surface area contributed by atoms with E-state index in [4.69, 9.17) is 4.74 Å². The van der Waals surface area contributed by atoms with Gasteiger partial charge in [0.1, 0.15) is 0 Å². The Kier molecular flexibility index (Phi) is 6.39. The standard InChI is InChI=1S/C19H36O/c1-5-16-6-8-17(9-7-16)10-11-18-12-13-19(20-4)15(3)14(18)2/h14-19H,5-13H2,1-4H3. The van der Waals surface area contributed by atoms with Gasteiger partial charge in [-0.15, -0.1) is 0 Å². The van der Waals surface area contributed by atoms with Gasteiger partial charge < -0.3 is 4.74 Å². The number of methoxy groups -OCH3 is 1. The van der Waals surface area contributed by atoms with Gasteiger partial charge in [-0.1, -0.05) is 59.3 Å². The largest absolute Gasteiger partial charge is 0.381 e. The van der Waals surface area contributed by atoms with Crippen LogP contribution in [0.1, 0.15) is 78.6 Å². The third kappa shape index (κ3) is 4.00. The minimum Gasteiger partial charge on any atom is -0.381 e. The molecule has 1 nitrogen and oxygen atoms in total. The predicted octanol–water partition coefficient (Wildman–Crippen LogP) is 5.68. The number of hydrogen-bond acceptors (Lipinski definition) is 1. The number of rotatable bonds is 5. The minimum atomic E-state index is 0.515. The van der Waals surface area contributed by atoms with E-state index >= 15 is 0 Å². The first kappa shape index (κ1) is 16.3. The lowest BCUT2D eigenvalue weighted by Crippen LogP contribution is -2.36. The number of ether oxygens (including phenoxy) is 1. The fourth-order valence-corrected chi connectivity index (χ4v) is 4.79. The predicted molar refractivity (Wildman–Crippen MR) is 86.8 cm³/mol. The molecule has 2 aliphatic carbocycles. The highest BCUT2D eigenvalue weighted by Crippen LogP contribution is 2.40. The van der Waals surface area contributed by atoms with E-state index in [1.807, 2.05) is 7.11 Å². The van der Waals surface area contributed by atoms with Crippen LogP contribution in [-0.2, 0) is 4.74 Å². The smallest absolute Gasteiger partial charge is 0.0599 e. The molecule has 2 saturated carbocycles. The lowest BCUT2D eigenvalue weighted by molar-refractivity contribution is -0.0176. The highest BCUT2D eigenvalue weighted by atomic mass is 16.5. The normalized spacial score (nSPS) is 42.6. The van der Waals surface area contributed by atoms with Crippen molar-refractivity contribution in [2.45, 2.75) is 84.7 Å². The topological polar surface area (TPSA) is 9.23 Å². The lowest BCUT2D eigenvalue weighted by atomic mass is 9.69. The Labute approximate surface area is 126 Å². The van der Waals surface area contributed by atoms with Crippen LogP contribution in [0.4, 0.5) is 0 Å². The molecule has 0 aromatic rings. The summed E-state index contributed by atoms with van der Waals surface area (Å²) in [7, 11) is 1.89. The van der Waals surface area contributed by atoms with E-state index in [0.717, 1.165) is 29.6 Å². The minimum absolute atomic E-state index is 0.515. The fraction of sp³-hybridized carbons (Fsp3) is 1.00. The molecule has 0 radical (unpaired) electrons. The zero-order chi connectivity index (χ0) is 14.5. The van der Waals surface area contributed by atoms with Gasteiger partial charge in [-0.3, -0.25) is 0 Å². The van der Waals surface area contributed by atoms with Crippen molar-refractivity contribution in [1.29, 1.82) is 0 Å². The molecule has 4 atom stereocenters. The molecule has 0 amide bonds. The molecule has 0 saturated heterocycles. The molecule has 1 heteroatoms. The maximum absolute atomic E-state index is 5.64. The molecule has 0 bridgehead atoms. The van der Waals surface area contributed by atoms with Crippen LogP contribution < -0.4 is 0 Å². The van der Waals surface area contributed by atoms with Crippen LogP contribution in [-0.4, -0.2) is 13.2 Å². The molecule has 118 valence electrons. The van der Waals surface area contributed by atoms with Gasteiger partial charge in [0.05, 0.1) is 6.10 Å². The summed E-state index contributed by atoms with van der Waals surface area (Å²) >= 11 is 0. The van der Waals surface area contributed by atoms with E-state index in [9.17, 15) is 0 Å². The van der Waals surface area contributed by atoms with Crippen LogP contribution in [0.2, 0.25) is 0 Å². The van der Waals surface area contributed by atoms with Crippen molar-refractivity contribution in [3.63, 3.8) is 0 Å². The molecule has 2 fully saturated rings. The Morgan fingerprint density at radius 3 is 2.05 bits per heavy atom. The third-order valence-corrected chi connectivity index (χ3v) is 6.77. The van der Waals surface area contributed by atoms with Crippen molar-refractivity contribution in [2.24, 2.45) is 29.6 Å². The second kappa shape index (κ2) is 7.82. The molecule has 20 heavy (non-hydrogen) atoms. The van der Waals surface area contributed by atoms with Crippen LogP contribution in [0.15, 0.2) is 0 Å². The molecular weight excluding hydrogens is 244 g/mol. The quantitative estimate of drug-likeness (QED) is 0.629. The maximum Gasteiger partial charge on any atom is 0.0599 e.